The second-order valence-corrected chi connectivity index (χ2v) is 22.5. The van der Waals surface area contributed by atoms with Crippen molar-refractivity contribution in [3.63, 3.8) is 0 Å². The first-order valence-corrected chi connectivity index (χ1v) is 20.4. The summed E-state index contributed by atoms with van der Waals surface area (Å²) in [6.07, 6.45) is 18.1. The fraction of sp³-hybridized carbons (Fsp3) is 0.727. The number of hydrogen-bond donors (Lipinski definition) is 4. The van der Waals surface area contributed by atoms with E-state index in [9.17, 15) is 0 Å². The van der Waals surface area contributed by atoms with Gasteiger partial charge in [0, 0.05) is 0 Å². The second kappa shape index (κ2) is 21.3. The summed E-state index contributed by atoms with van der Waals surface area (Å²) in [7, 11) is -0.879. The monoisotopic (exact) mass is 656 g/mol. The average Bonchev–Trinajstić information content (AvgIpc) is 3.24. The maximum Gasteiger partial charge on any atom is 0.145 e. The summed E-state index contributed by atoms with van der Waals surface area (Å²) in [6.45, 7) is 9.44. The van der Waals surface area contributed by atoms with Crippen LogP contribution in [0.5, 0.6) is 0 Å². The maximum atomic E-state index is 4.86. The van der Waals surface area contributed by atoms with Gasteiger partial charge in [-0.05, 0) is 0 Å². The summed E-state index contributed by atoms with van der Waals surface area (Å²) in [6, 6.07) is 0. The van der Waals surface area contributed by atoms with Crippen LogP contribution in [0.15, 0.2) is 16.8 Å². The molecule has 0 fully saturated rings. The van der Waals surface area contributed by atoms with E-state index in [0.29, 0.717) is 0 Å². The summed E-state index contributed by atoms with van der Waals surface area (Å²) in [4.78, 5) is 0. The molecule has 2 aromatic rings. The maximum absolute atomic E-state index is 4.86. The Morgan fingerprint density at radius 2 is 0.727 bits per heavy atom. The molecular weight excluding hydrogens is 616 g/mol. The van der Waals surface area contributed by atoms with Crippen LogP contribution in [0.3, 0.4) is 0 Å². The van der Waals surface area contributed by atoms with Crippen molar-refractivity contribution < 1.29 is 0 Å². The van der Waals surface area contributed by atoms with Crippen LogP contribution in [0.4, 0.5) is 0 Å². The van der Waals surface area contributed by atoms with Gasteiger partial charge in [-0.2, -0.15) is 0 Å². The average molecular weight is 657 g/mol. The van der Waals surface area contributed by atoms with Crippen LogP contribution in [0.2, 0.25) is 0 Å². The smallest absolute Gasteiger partial charge is 0.131 e. The fourth-order valence-electron chi connectivity index (χ4n) is 3.49. The molecule has 0 nitrogen and oxygen atoms in total. The Labute approximate surface area is 251 Å². The molecular formula is C22H41PS10. The first-order valence-electron chi connectivity index (χ1n) is 11.7. The van der Waals surface area contributed by atoms with E-state index in [2.05, 4.69) is 78.2 Å². The van der Waals surface area contributed by atoms with Gasteiger partial charge in [0.15, 0.2) is 0 Å². The Kier molecular flexibility index (Phi) is 22.9. The minimum Gasteiger partial charge on any atom is -0.131 e. The van der Waals surface area contributed by atoms with Crippen molar-refractivity contribution in [3.05, 3.63) is 6.28 Å². The minimum absolute atomic E-state index is 0.879. The molecule has 0 amide bonds. The van der Waals surface area contributed by atoms with E-state index in [1.165, 1.54) is 96.7 Å². The Hall–Kier alpha value is 2.37. The molecule has 2 aromatic heterocycles. The molecule has 0 aromatic carbocycles. The first kappa shape index (κ1) is 35.4. The molecule has 0 atom stereocenters. The molecule has 33 heavy (non-hydrogen) atoms. The van der Waals surface area contributed by atoms with Gasteiger partial charge in [-0.15, -0.1) is 95.9 Å². The zero-order valence-electron chi connectivity index (χ0n) is 20.2. The van der Waals surface area contributed by atoms with Crippen molar-refractivity contribution in [3.8, 4) is 0 Å². The summed E-state index contributed by atoms with van der Waals surface area (Å²) < 4.78 is 5.46. The normalized spacial score (nSPS) is 11.4. The van der Waals surface area contributed by atoms with Gasteiger partial charge in [0.25, 0.3) is 0 Å². The molecule has 2 heterocycles. The Bertz CT molecular complexity index is 713. The van der Waals surface area contributed by atoms with Crippen LogP contribution in [-0.2, 0) is 0 Å². The van der Waals surface area contributed by atoms with Gasteiger partial charge < -0.3 is 0 Å². The van der Waals surface area contributed by atoms with E-state index >= 15 is 0 Å². The molecule has 194 valence electrons. The third kappa shape index (κ3) is 16.7. The summed E-state index contributed by atoms with van der Waals surface area (Å²) in [5, 5.41) is 0. The van der Waals surface area contributed by atoms with Crippen LogP contribution in [-0.4, -0.2) is 24.6 Å². The van der Waals surface area contributed by atoms with Crippen molar-refractivity contribution >= 4 is 128 Å². The van der Waals surface area contributed by atoms with E-state index in [1.54, 1.807) is 24.6 Å². The minimum atomic E-state index is -0.879. The second-order valence-electron chi connectivity index (χ2n) is 8.04. The third-order valence-electron chi connectivity index (χ3n) is 5.33. The van der Waals surface area contributed by atoms with Gasteiger partial charge in [-0.25, -0.2) is 0 Å². The van der Waals surface area contributed by atoms with Gasteiger partial charge in [0.2, 0.25) is 0 Å². The van der Waals surface area contributed by atoms with Crippen LogP contribution < -0.4 is 0 Å². The standard InChI is InChI=1S/C16H37P.2C3H2S5/c1-5-9-13-17(14-10-6-2,15-11-7-3)16-12-8-4;2*4-1-2(5)8-3(6)7-1/h17H,5-16H2,1-4H3;2*4-5H. The summed E-state index contributed by atoms with van der Waals surface area (Å²) in [5.74, 6) is 0. The Morgan fingerprint density at radius 1 is 0.515 bits per heavy atom. The van der Waals surface area contributed by atoms with E-state index in [4.69, 9.17) is 24.4 Å². The molecule has 0 N–H and O–H groups in total. The van der Waals surface area contributed by atoms with Crippen LogP contribution >= 0.6 is 128 Å². The fourth-order valence-corrected chi connectivity index (χ4v) is 16.3. The number of unbranched alkanes of at least 4 members (excludes halogenated alkanes) is 4. The molecule has 2 rings (SSSR count). The molecule has 0 saturated heterocycles. The molecule has 0 aliphatic carbocycles. The molecule has 0 unspecified atom stereocenters. The van der Waals surface area contributed by atoms with Crippen molar-refractivity contribution in [2.75, 3.05) is 24.6 Å². The van der Waals surface area contributed by atoms with E-state index in [-0.39, 0.29) is 0 Å². The zero-order chi connectivity index (χ0) is 25.3. The van der Waals surface area contributed by atoms with Gasteiger partial charge in [-0.3, -0.25) is 0 Å². The van der Waals surface area contributed by atoms with Gasteiger partial charge in [0.05, 0.1) is 16.8 Å². The van der Waals surface area contributed by atoms with Gasteiger partial charge >= 0.3 is 111 Å². The predicted octanol–water partition coefficient (Wildman–Crippen LogP) is 12.2. The van der Waals surface area contributed by atoms with Crippen LogP contribution in [0.1, 0.15) is 79.1 Å². The van der Waals surface area contributed by atoms with Crippen molar-refractivity contribution in [1.82, 2.24) is 0 Å². The molecule has 0 bridgehead atoms. The molecule has 0 spiro atoms. The molecule has 0 radical (unpaired) electrons. The first-order chi connectivity index (χ1) is 15.6. The summed E-state index contributed by atoms with van der Waals surface area (Å²) >= 11 is 32.1. The zero-order valence-corrected chi connectivity index (χ0v) is 29.7. The topological polar surface area (TPSA) is 0 Å². The number of hydrogen-bond acceptors (Lipinski definition) is 10. The summed E-state index contributed by atoms with van der Waals surface area (Å²) in [5.41, 5.74) is 0. The third-order valence-corrected chi connectivity index (χ3v) is 18.4. The Morgan fingerprint density at radius 3 is 0.848 bits per heavy atom. The SMILES string of the molecule is CCCC[PH](CCCC)(CCCC)CCCC.S=c1sc(S)c(S)s1.S=c1sc(S)c(S)s1. The predicted molar refractivity (Wildman–Crippen MR) is 182 cm³/mol. The quantitative estimate of drug-likeness (QED) is 0.102. The van der Waals surface area contributed by atoms with Gasteiger partial charge in [0.1, 0.15) is 6.28 Å². The van der Waals surface area contributed by atoms with E-state index in [0.717, 1.165) is 23.1 Å². The van der Waals surface area contributed by atoms with E-state index < -0.39 is 7.26 Å². The van der Waals surface area contributed by atoms with Crippen LogP contribution in [0, 0.1) is 6.28 Å². The largest absolute Gasteiger partial charge is 0.145 e. The van der Waals surface area contributed by atoms with E-state index in [1.807, 2.05) is 0 Å². The molecule has 0 aliphatic heterocycles. The van der Waals surface area contributed by atoms with Gasteiger partial charge in [-0.1, -0.05) is 24.4 Å². The number of thiol groups is 4. The molecule has 0 saturated carbocycles. The Balaban J connectivity index is 0.000000525. The van der Waals surface area contributed by atoms with Crippen molar-refractivity contribution in [2.24, 2.45) is 0 Å². The molecule has 0 aliphatic rings. The van der Waals surface area contributed by atoms with Crippen molar-refractivity contribution in [1.29, 1.82) is 0 Å². The van der Waals surface area contributed by atoms with Crippen LogP contribution in [0.25, 0.3) is 0 Å². The molecule has 11 heteroatoms. The number of rotatable bonds is 12. The van der Waals surface area contributed by atoms with Crippen molar-refractivity contribution in [2.45, 2.75) is 95.9 Å².